The van der Waals surface area contributed by atoms with Gasteiger partial charge < -0.3 is 9.84 Å². The predicted octanol–water partition coefficient (Wildman–Crippen LogP) is 8.76. The number of likely N-dealkylation sites (tertiary alicyclic amines) is 1. The Hall–Kier alpha value is -4.09. The van der Waals surface area contributed by atoms with E-state index in [9.17, 15) is 36.2 Å². The fraction of sp³-hybridized carbons (Fsp3) is 0.273. The summed E-state index contributed by atoms with van der Waals surface area (Å²) in [6.07, 6.45) is -7.73. The monoisotopic (exact) mass is 648 g/mol. The normalized spacial score (nSPS) is 15.9. The predicted molar refractivity (Wildman–Crippen MR) is 155 cm³/mol. The Morgan fingerprint density at radius 1 is 0.778 bits per heavy atom. The summed E-state index contributed by atoms with van der Waals surface area (Å²) < 4.78 is 85.8. The molecule has 1 aliphatic heterocycles. The second-order valence-corrected chi connectivity index (χ2v) is 11.5. The molecule has 45 heavy (non-hydrogen) atoms. The first kappa shape index (κ1) is 32.3. The fourth-order valence-electron chi connectivity index (χ4n) is 5.74. The molecule has 1 aliphatic rings. The van der Waals surface area contributed by atoms with Gasteiger partial charge in [-0.2, -0.15) is 26.3 Å². The highest BCUT2D eigenvalue weighted by Crippen LogP contribution is 2.56. The third-order valence-electron chi connectivity index (χ3n) is 8.19. The molecule has 0 saturated carbocycles. The number of carboxylic acid groups (broad SMARTS) is 1. The molecule has 0 radical (unpaired) electrons. The van der Waals surface area contributed by atoms with Crippen LogP contribution in [0, 0.1) is 5.41 Å². The van der Waals surface area contributed by atoms with Crippen LogP contribution in [0.25, 0.3) is 0 Å². The van der Waals surface area contributed by atoms with Crippen molar-refractivity contribution in [1.29, 1.82) is 0 Å². The molecule has 0 atom stereocenters. The first-order valence-electron chi connectivity index (χ1n) is 13.9. The summed E-state index contributed by atoms with van der Waals surface area (Å²) >= 11 is 7.26. The molecule has 1 aromatic heterocycles. The van der Waals surface area contributed by atoms with Gasteiger partial charge in [0.2, 0.25) is 5.88 Å². The van der Waals surface area contributed by atoms with E-state index in [4.69, 9.17) is 16.3 Å². The fourth-order valence-corrected chi connectivity index (χ4v) is 6.27. The quantitative estimate of drug-likeness (QED) is 0.153. The van der Waals surface area contributed by atoms with Crippen molar-refractivity contribution >= 4 is 17.6 Å². The molecule has 0 spiro atoms. The molecule has 1 fully saturated rings. The Morgan fingerprint density at radius 2 is 1.27 bits per heavy atom. The summed E-state index contributed by atoms with van der Waals surface area (Å²) in [5.74, 6) is -0.272. The molecule has 5 nitrogen and oxygen atoms in total. The Balaban J connectivity index is 1.42. The zero-order chi connectivity index (χ0) is 32.5. The van der Waals surface area contributed by atoms with Crippen molar-refractivity contribution in [3.63, 3.8) is 0 Å². The van der Waals surface area contributed by atoms with Gasteiger partial charge in [0.1, 0.15) is 10.6 Å². The number of aromatic nitrogens is 1. The molecule has 1 saturated heterocycles. The zero-order valence-electron chi connectivity index (χ0n) is 23.6. The van der Waals surface area contributed by atoms with E-state index in [1.54, 1.807) is 36.5 Å². The van der Waals surface area contributed by atoms with Gasteiger partial charge in [0.05, 0.1) is 16.5 Å². The topological polar surface area (TPSA) is 62.7 Å². The molecule has 0 aliphatic carbocycles. The van der Waals surface area contributed by atoms with E-state index in [0.29, 0.717) is 18.2 Å². The first-order valence-corrected chi connectivity index (χ1v) is 14.3. The summed E-state index contributed by atoms with van der Waals surface area (Å²) in [4.78, 5) is 17.3. The van der Waals surface area contributed by atoms with Gasteiger partial charge in [0.25, 0.3) is 0 Å². The van der Waals surface area contributed by atoms with Crippen molar-refractivity contribution in [3.05, 3.63) is 125 Å². The number of rotatable bonds is 8. The van der Waals surface area contributed by atoms with Crippen LogP contribution >= 0.6 is 11.6 Å². The SMILES string of the molecule is O=C(O)C1(C(Cl)(c2ccc(C(F)(F)F)cc2)c2ccc(C(F)(F)F)cc2)CCN(Cc2ccc(Oc3ccccn3)cc2)CC1. The van der Waals surface area contributed by atoms with E-state index in [1.807, 2.05) is 17.0 Å². The van der Waals surface area contributed by atoms with Gasteiger partial charge in [-0.05, 0) is 85.1 Å². The Kier molecular flexibility index (Phi) is 8.88. The van der Waals surface area contributed by atoms with Crippen LogP contribution in [0.5, 0.6) is 11.6 Å². The lowest BCUT2D eigenvalue weighted by molar-refractivity contribution is -0.154. The highest BCUT2D eigenvalue weighted by molar-refractivity contribution is 6.28. The third-order valence-corrected chi connectivity index (χ3v) is 8.99. The van der Waals surface area contributed by atoms with Crippen LogP contribution in [-0.4, -0.2) is 34.0 Å². The molecule has 12 heteroatoms. The molecule has 0 amide bonds. The molecule has 0 unspecified atom stereocenters. The van der Waals surface area contributed by atoms with Crippen molar-refractivity contribution in [2.75, 3.05) is 13.1 Å². The number of halogens is 7. The highest BCUT2D eigenvalue weighted by Gasteiger charge is 2.59. The second kappa shape index (κ2) is 12.4. The average molecular weight is 649 g/mol. The standard InChI is InChI=1S/C33H27ClF6N2O3/c34-31(23-6-10-25(11-7-23)32(35,36)37,24-8-12-26(13-9-24)33(38,39)40)30(29(43)44)16-19-42(20-17-30)21-22-4-14-27(15-5-22)45-28-3-1-2-18-41-28/h1-15,18H,16-17,19-21H2,(H,43,44). The minimum atomic E-state index is -4.65. The van der Waals surface area contributed by atoms with Crippen molar-refractivity contribution in [1.82, 2.24) is 9.88 Å². The molecule has 3 aromatic carbocycles. The van der Waals surface area contributed by atoms with Gasteiger partial charge >= 0.3 is 18.3 Å². The number of carboxylic acids is 1. The van der Waals surface area contributed by atoms with Crippen molar-refractivity contribution in [3.8, 4) is 11.6 Å². The van der Waals surface area contributed by atoms with Crippen LogP contribution in [0.4, 0.5) is 26.3 Å². The summed E-state index contributed by atoms with van der Waals surface area (Å²) in [7, 11) is 0. The number of benzene rings is 3. The molecular formula is C33H27ClF6N2O3. The Bertz CT molecular complexity index is 1550. The summed E-state index contributed by atoms with van der Waals surface area (Å²) in [5.41, 5.74) is -2.69. The van der Waals surface area contributed by atoms with Gasteiger partial charge in [0, 0.05) is 18.8 Å². The van der Waals surface area contributed by atoms with E-state index in [1.165, 1.54) is 0 Å². The molecular weight excluding hydrogens is 622 g/mol. The summed E-state index contributed by atoms with van der Waals surface area (Å²) in [5, 5.41) is 10.7. The third kappa shape index (κ3) is 6.64. The Morgan fingerprint density at radius 3 is 1.69 bits per heavy atom. The van der Waals surface area contributed by atoms with Crippen LogP contribution in [0.15, 0.2) is 97.2 Å². The van der Waals surface area contributed by atoms with E-state index in [0.717, 1.165) is 54.1 Å². The van der Waals surface area contributed by atoms with Crippen molar-refractivity contribution < 1.29 is 41.0 Å². The molecule has 2 heterocycles. The minimum Gasteiger partial charge on any atom is -0.481 e. The summed E-state index contributed by atoms with van der Waals surface area (Å²) in [6, 6.07) is 20.2. The molecule has 4 aromatic rings. The maximum absolute atomic E-state index is 13.3. The van der Waals surface area contributed by atoms with Gasteiger partial charge in [-0.3, -0.25) is 9.69 Å². The molecule has 0 bridgehead atoms. The first-order chi connectivity index (χ1) is 21.2. The lowest BCUT2D eigenvalue weighted by atomic mass is 9.62. The number of ether oxygens (including phenoxy) is 1. The largest absolute Gasteiger partial charge is 0.481 e. The molecule has 236 valence electrons. The molecule has 1 N–H and O–H groups in total. The van der Waals surface area contributed by atoms with Gasteiger partial charge in [-0.1, -0.05) is 42.5 Å². The van der Waals surface area contributed by atoms with Crippen molar-refractivity contribution in [2.45, 2.75) is 36.6 Å². The van der Waals surface area contributed by atoms with Crippen LogP contribution in [0.2, 0.25) is 0 Å². The number of pyridine rings is 1. The number of hydrogen-bond donors (Lipinski definition) is 1. The van der Waals surface area contributed by atoms with E-state index in [2.05, 4.69) is 4.98 Å². The smallest absolute Gasteiger partial charge is 0.416 e. The second-order valence-electron chi connectivity index (χ2n) is 10.9. The van der Waals surface area contributed by atoms with Gasteiger partial charge in [-0.25, -0.2) is 4.98 Å². The lowest BCUT2D eigenvalue weighted by Crippen LogP contribution is -2.54. The number of alkyl halides is 7. The zero-order valence-corrected chi connectivity index (χ0v) is 24.3. The van der Waals surface area contributed by atoms with Crippen LogP contribution in [0.3, 0.4) is 0 Å². The van der Waals surface area contributed by atoms with Crippen LogP contribution in [-0.2, 0) is 28.6 Å². The highest BCUT2D eigenvalue weighted by atomic mass is 35.5. The lowest BCUT2D eigenvalue weighted by Gasteiger charge is -2.49. The maximum Gasteiger partial charge on any atom is 0.416 e. The number of piperidine rings is 1. The van der Waals surface area contributed by atoms with E-state index in [-0.39, 0.29) is 37.1 Å². The van der Waals surface area contributed by atoms with Crippen LogP contribution in [0.1, 0.15) is 40.7 Å². The molecule has 5 rings (SSSR count). The number of hydrogen-bond acceptors (Lipinski definition) is 4. The number of carbonyl (C=O) groups is 1. The maximum atomic E-state index is 13.3. The van der Waals surface area contributed by atoms with E-state index >= 15 is 0 Å². The minimum absolute atomic E-state index is 0.0191. The van der Waals surface area contributed by atoms with Gasteiger partial charge in [0.15, 0.2) is 0 Å². The van der Waals surface area contributed by atoms with Crippen LogP contribution < -0.4 is 4.74 Å². The van der Waals surface area contributed by atoms with E-state index < -0.39 is 39.7 Å². The Labute approximate surface area is 260 Å². The number of nitrogens with zero attached hydrogens (tertiary/aromatic N) is 2. The van der Waals surface area contributed by atoms with Crippen molar-refractivity contribution in [2.24, 2.45) is 5.41 Å². The summed E-state index contributed by atoms with van der Waals surface area (Å²) in [6.45, 7) is 0.984. The average Bonchev–Trinajstić information content (AvgIpc) is 3.02. The van der Waals surface area contributed by atoms with Gasteiger partial charge in [-0.15, -0.1) is 11.6 Å². The number of aliphatic carboxylic acids is 1.